The van der Waals surface area contributed by atoms with Gasteiger partial charge in [-0.25, -0.2) is 13.4 Å². The van der Waals surface area contributed by atoms with Crippen molar-refractivity contribution in [1.29, 1.82) is 0 Å². The highest BCUT2D eigenvalue weighted by atomic mass is 32.2. The van der Waals surface area contributed by atoms with Crippen molar-refractivity contribution in [2.75, 3.05) is 11.6 Å². The molecular formula is C15H22N4O2S. The minimum atomic E-state index is -3.31. The molecule has 0 aliphatic heterocycles. The van der Waals surface area contributed by atoms with Gasteiger partial charge < -0.3 is 5.32 Å². The number of aryl methyl sites for hydroxylation is 2. The summed E-state index contributed by atoms with van der Waals surface area (Å²) in [5.41, 5.74) is 3.30. The van der Waals surface area contributed by atoms with E-state index in [1.807, 2.05) is 32.5 Å². The fraction of sp³-hybridized carbons (Fsp3) is 0.467. The molecule has 2 heterocycles. The maximum Gasteiger partial charge on any atom is 0.179 e. The van der Waals surface area contributed by atoms with Crippen LogP contribution in [-0.2, 0) is 23.3 Å². The normalized spacial score (nSPS) is 13.1. The number of anilines is 1. The lowest BCUT2D eigenvalue weighted by atomic mass is 10.1. The summed E-state index contributed by atoms with van der Waals surface area (Å²) >= 11 is 0. The zero-order chi connectivity index (χ0) is 16.5. The fourth-order valence-corrected chi connectivity index (χ4v) is 3.29. The van der Waals surface area contributed by atoms with Crippen LogP contribution in [0.4, 0.5) is 5.82 Å². The number of hydrogen-bond acceptors (Lipinski definition) is 5. The lowest BCUT2D eigenvalue weighted by Crippen LogP contribution is -2.21. The SMILES string of the molecule is Cc1nn(C)c(C)c1CC(C)Nc1ncccc1S(C)(=O)=O. The monoisotopic (exact) mass is 322 g/mol. The first-order chi connectivity index (χ1) is 10.2. The van der Waals surface area contributed by atoms with Crippen LogP contribution in [0.1, 0.15) is 23.9 Å². The highest BCUT2D eigenvalue weighted by Gasteiger charge is 2.17. The Hall–Kier alpha value is -1.89. The van der Waals surface area contributed by atoms with Crippen LogP contribution in [0.5, 0.6) is 0 Å². The van der Waals surface area contributed by atoms with E-state index in [0.29, 0.717) is 5.82 Å². The summed E-state index contributed by atoms with van der Waals surface area (Å²) in [6.07, 6.45) is 3.53. The third kappa shape index (κ3) is 3.47. The molecule has 2 aromatic rings. The van der Waals surface area contributed by atoms with Crippen molar-refractivity contribution in [3.8, 4) is 0 Å². The molecule has 0 spiro atoms. The predicted molar refractivity (Wildman–Crippen MR) is 86.8 cm³/mol. The van der Waals surface area contributed by atoms with Crippen molar-refractivity contribution in [1.82, 2.24) is 14.8 Å². The minimum Gasteiger partial charge on any atom is -0.366 e. The summed E-state index contributed by atoms with van der Waals surface area (Å²) < 4.78 is 25.5. The first-order valence-electron chi connectivity index (χ1n) is 7.11. The molecule has 0 amide bonds. The Morgan fingerprint density at radius 2 is 2.05 bits per heavy atom. The molecule has 1 atom stereocenters. The van der Waals surface area contributed by atoms with Crippen molar-refractivity contribution < 1.29 is 8.42 Å². The van der Waals surface area contributed by atoms with Crippen LogP contribution in [0.2, 0.25) is 0 Å². The minimum absolute atomic E-state index is 0.0389. The van der Waals surface area contributed by atoms with Gasteiger partial charge in [0.1, 0.15) is 10.7 Å². The molecule has 7 heteroatoms. The van der Waals surface area contributed by atoms with Gasteiger partial charge in [-0.15, -0.1) is 0 Å². The van der Waals surface area contributed by atoms with E-state index in [1.54, 1.807) is 18.3 Å². The molecule has 0 aliphatic carbocycles. The molecule has 1 N–H and O–H groups in total. The molecule has 2 aromatic heterocycles. The molecule has 0 aromatic carbocycles. The maximum atomic E-state index is 11.8. The molecular weight excluding hydrogens is 300 g/mol. The first-order valence-corrected chi connectivity index (χ1v) is 9.00. The van der Waals surface area contributed by atoms with Crippen molar-refractivity contribution in [2.24, 2.45) is 7.05 Å². The lowest BCUT2D eigenvalue weighted by Gasteiger charge is -2.16. The van der Waals surface area contributed by atoms with Crippen LogP contribution >= 0.6 is 0 Å². The molecule has 1 unspecified atom stereocenters. The van der Waals surface area contributed by atoms with Gasteiger partial charge in [0.25, 0.3) is 0 Å². The van der Waals surface area contributed by atoms with Crippen molar-refractivity contribution in [3.63, 3.8) is 0 Å². The van der Waals surface area contributed by atoms with E-state index in [-0.39, 0.29) is 10.9 Å². The van der Waals surface area contributed by atoms with Crippen molar-refractivity contribution >= 4 is 15.7 Å². The highest BCUT2D eigenvalue weighted by molar-refractivity contribution is 7.90. The molecule has 0 saturated carbocycles. The Kier molecular flexibility index (Phi) is 4.55. The van der Waals surface area contributed by atoms with E-state index < -0.39 is 9.84 Å². The average molecular weight is 322 g/mol. The topological polar surface area (TPSA) is 76.9 Å². The number of sulfone groups is 1. The number of hydrogen-bond donors (Lipinski definition) is 1. The Bertz CT molecular complexity index is 781. The van der Waals surface area contributed by atoms with Gasteiger partial charge in [-0.05, 0) is 44.9 Å². The van der Waals surface area contributed by atoms with Gasteiger partial charge in [-0.3, -0.25) is 4.68 Å². The third-order valence-electron chi connectivity index (χ3n) is 3.72. The van der Waals surface area contributed by atoms with Crippen LogP contribution in [0.15, 0.2) is 23.2 Å². The smallest absolute Gasteiger partial charge is 0.179 e. The second-order valence-electron chi connectivity index (χ2n) is 5.64. The molecule has 0 radical (unpaired) electrons. The van der Waals surface area contributed by atoms with E-state index in [1.165, 1.54) is 11.8 Å². The van der Waals surface area contributed by atoms with Crippen LogP contribution < -0.4 is 5.32 Å². The number of pyridine rings is 1. The summed E-state index contributed by atoms with van der Waals surface area (Å²) in [6.45, 7) is 6.02. The predicted octanol–water partition coefficient (Wildman–Crippen LogP) is 1.88. The zero-order valence-corrected chi connectivity index (χ0v) is 14.4. The summed E-state index contributed by atoms with van der Waals surface area (Å²) in [6, 6.07) is 3.23. The quantitative estimate of drug-likeness (QED) is 0.909. The lowest BCUT2D eigenvalue weighted by molar-refractivity contribution is 0.601. The van der Waals surface area contributed by atoms with Gasteiger partial charge in [0.15, 0.2) is 9.84 Å². The zero-order valence-electron chi connectivity index (χ0n) is 13.6. The van der Waals surface area contributed by atoms with Crippen molar-refractivity contribution in [2.45, 2.75) is 38.1 Å². The van der Waals surface area contributed by atoms with Gasteiger partial charge in [0, 0.05) is 31.2 Å². The summed E-state index contributed by atoms with van der Waals surface area (Å²) in [7, 11) is -1.38. The van der Waals surface area contributed by atoms with Crippen LogP contribution in [0, 0.1) is 13.8 Å². The number of rotatable bonds is 5. The Morgan fingerprint density at radius 3 is 2.59 bits per heavy atom. The standard InChI is InChI=1S/C15H22N4O2S/c1-10(9-13-11(2)18-19(4)12(13)3)17-15-14(22(5,20)21)7-6-8-16-15/h6-8,10H,9H2,1-5H3,(H,16,17). The summed E-state index contributed by atoms with van der Waals surface area (Å²) in [5, 5.41) is 7.61. The number of nitrogens with one attached hydrogen (secondary N) is 1. The van der Waals surface area contributed by atoms with E-state index in [0.717, 1.165) is 17.8 Å². The second kappa shape index (κ2) is 6.08. The van der Waals surface area contributed by atoms with Crippen LogP contribution in [-0.4, -0.2) is 35.5 Å². The summed E-state index contributed by atoms with van der Waals surface area (Å²) in [4.78, 5) is 4.39. The largest absolute Gasteiger partial charge is 0.366 e. The average Bonchev–Trinajstić information content (AvgIpc) is 2.65. The molecule has 0 saturated heterocycles. The van der Waals surface area contributed by atoms with E-state index in [2.05, 4.69) is 15.4 Å². The van der Waals surface area contributed by atoms with Crippen molar-refractivity contribution in [3.05, 3.63) is 35.3 Å². The first kappa shape index (κ1) is 16.5. The second-order valence-corrected chi connectivity index (χ2v) is 7.63. The van der Waals surface area contributed by atoms with Gasteiger partial charge in [0.05, 0.1) is 5.69 Å². The molecule has 0 aliphatic rings. The highest BCUT2D eigenvalue weighted by Crippen LogP contribution is 2.20. The molecule has 120 valence electrons. The molecule has 0 fully saturated rings. The van der Waals surface area contributed by atoms with Gasteiger partial charge in [-0.1, -0.05) is 0 Å². The van der Waals surface area contributed by atoms with E-state index in [4.69, 9.17) is 0 Å². The van der Waals surface area contributed by atoms with Gasteiger partial charge in [0.2, 0.25) is 0 Å². The van der Waals surface area contributed by atoms with Crippen LogP contribution in [0.3, 0.4) is 0 Å². The fourth-order valence-electron chi connectivity index (χ4n) is 2.50. The third-order valence-corrected chi connectivity index (χ3v) is 4.85. The molecule has 0 bridgehead atoms. The molecule has 2 rings (SSSR count). The summed E-state index contributed by atoms with van der Waals surface area (Å²) in [5.74, 6) is 0.400. The molecule has 6 nitrogen and oxygen atoms in total. The van der Waals surface area contributed by atoms with E-state index in [9.17, 15) is 8.42 Å². The number of aromatic nitrogens is 3. The number of nitrogens with zero attached hydrogens (tertiary/aromatic N) is 3. The Morgan fingerprint density at radius 1 is 1.36 bits per heavy atom. The van der Waals surface area contributed by atoms with Gasteiger partial charge >= 0.3 is 0 Å². The molecule has 22 heavy (non-hydrogen) atoms. The Labute approximate surface area is 131 Å². The maximum absolute atomic E-state index is 11.8. The van der Waals surface area contributed by atoms with E-state index >= 15 is 0 Å². The Balaban J connectivity index is 2.22. The van der Waals surface area contributed by atoms with Gasteiger partial charge in [-0.2, -0.15) is 5.10 Å². The van der Waals surface area contributed by atoms with Crippen LogP contribution in [0.25, 0.3) is 0 Å².